The van der Waals surface area contributed by atoms with E-state index in [0.717, 1.165) is 11.1 Å². The van der Waals surface area contributed by atoms with Crippen molar-refractivity contribution < 1.29 is 9.16 Å². The Labute approximate surface area is 148 Å². The Hall–Kier alpha value is -1.32. The third-order valence-electron chi connectivity index (χ3n) is 5.30. The molecule has 0 aromatic heterocycles. The number of methoxy groups -OCH3 is 1. The van der Waals surface area contributed by atoms with Crippen molar-refractivity contribution >= 4 is 19.1 Å². The fraction of sp³-hybridized carbons (Fsp3) is 0.524. The lowest BCUT2D eigenvalue weighted by Gasteiger charge is -2.42. The minimum Gasteiger partial charge on any atom is -0.496 e. The van der Waals surface area contributed by atoms with Crippen molar-refractivity contribution in [3.05, 3.63) is 42.0 Å². The van der Waals surface area contributed by atoms with E-state index in [1.54, 1.807) is 7.11 Å². The summed E-state index contributed by atoms with van der Waals surface area (Å²) >= 11 is 0. The first-order chi connectivity index (χ1) is 11.3. The van der Waals surface area contributed by atoms with Crippen LogP contribution in [0.3, 0.4) is 0 Å². The number of hydrogen-bond donors (Lipinski definition) is 0. The van der Waals surface area contributed by atoms with Crippen LogP contribution in [0.4, 0.5) is 0 Å². The average Bonchev–Trinajstić information content (AvgIpc) is 2.53. The van der Waals surface area contributed by atoms with E-state index >= 15 is 0 Å². The third-order valence-corrected chi connectivity index (χ3v) is 11.4. The Morgan fingerprint density at radius 2 is 1.46 bits per heavy atom. The molecule has 2 nitrogen and oxygen atoms in total. The van der Waals surface area contributed by atoms with Crippen molar-refractivity contribution in [2.45, 2.75) is 64.8 Å². The highest BCUT2D eigenvalue weighted by Crippen LogP contribution is 2.43. The van der Waals surface area contributed by atoms with Gasteiger partial charge < -0.3 is 9.16 Å². The largest absolute Gasteiger partial charge is 0.496 e. The minimum absolute atomic E-state index is 0.597. The lowest BCUT2D eigenvalue weighted by molar-refractivity contribution is 0.265. The van der Waals surface area contributed by atoms with Gasteiger partial charge in [0.05, 0.1) is 13.7 Å². The Bertz CT molecular complexity index is 655. The molecule has 0 bridgehead atoms. The molecule has 2 aromatic rings. The second-order valence-electron chi connectivity index (χ2n) is 7.63. The van der Waals surface area contributed by atoms with E-state index in [4.69, 9.17) is 9.16 Å². The van der Waals surface area contributed by atoms with E-state index in [1.165, 1.54) is 10.9 Å². The van der Waals surface area contributed by atoms with E-state index in [1.807, 2.05) is 0 Å². The molecule has 0 radical (unpaired) electrons. The van der Waals surface area contributed by atoms with Gasteiger partial charge in [-0.2, -0.15) is 0 Å². The molecule has 3 heteroatoms. The third kappa shape index (κ3) is 3.52. The average molecular weight is 345 g/mol. The summed E-state index contributed by atoms with van der Waals surface area (Å²) in [6.45, 7) is 14.6. The second-order valence-corrected chi connectivity index (χ2v) is 13.1. The van der Waals surface area contributed by atoms with E-state index in [9.17, 15) is 0 Å². The van der Waals surface area contributed by atoms with Crippen LogP contribution in [0.5, 0.6) is 5.75 Å². The van der Waals surface area contributed by atoms with Crippen LogP contribution in [0, 0.1) is 0 Å². The van der Waals surface area contributed by atoms with E-state index in [-0.39, 0.29) is 0 Å². The molecule has 0 fully saturated rings. The Balaban J connectivity index is 2.35. The highest BCUT2D eigenvalue weighted by atomic mass is 28.4. The molecular weight excluding hydrogens is 312 g/mol. The monoisotopic (exact) mass is 344 g/mol. The van der Waals surface area contributed by atoms with Crippen LogP contribution in [-0.2, 0) is 11.0 Å². The molecule has 0 aliphatic rings. The molecule has 2 rings (SSSR count). The number of hydrogen-bond acceptors (Lipinski definition) is 2. The highest BCUT2D eigenvalue weighted by Gasteiger charge is 2.44. The number of ether oxygens (including phenoxy) is 1. The Kier molecular flexibility index (Phi) is 6.10. The minimum atomic E-state index is -1.85. The van der Waals surface area contributed by atoms with Crippen LogP contribution in [0.2, 0.25) is 16.6 Å². The molecule has 0 amide bonds. The topological polar surface area (TPSA) is 18.5 Å². The summed E-state index contributed by atoms with van der Waals surface area (Å²) in [5.41, 5.74) is 2.99. The fourth-order valence-corrected chi connectivity index (χ4v) is 9.71. The van der Waals surface area contributed by atoms with Gasteiger partial charge in [0.2, 0.25) is 8.32 Å². The summed E-state index contributed by atoms with van der Waals surface area (Å²) in [4.78, 5) is 0. The molecule has 0 aliphatic heterocycles. The predicted octanol–water partition coefficient (Wildman–Crippen LogP) is 6.54. The van der Waals surface area contributed by atoms with E-state index in [0.29, 0.717) is 23.2 Å². The van der Waals surface area contributed by atoms with Gasteiger partial charge in [0.25, 0.3) is 0 Å². The predicted molar refractivity (Wildman–Crippen MR) is 106 cm³/mol. The zero-order valence-electron chi connectivity index (χ0n) is 16.2. The maximum atomic E-state index is 6.73. The smallest absolute Gasteiger partial charge is 0.200 e. The summed E-state index contributed by atoms with van der Waals surface area (Å²) in [6.07, 6.45) is 0. The van der Waals surface area contributed by atoms with Crippen molar-refractivity contribution in [2.24, 2.45) is 0 Å². The quantitative estimate of drug-likeness (QED) is 0.531. The maximum Gasteiger partial charge on any atom is 0.200 e. The number of rotatable bonds is 7. The van der Waals surface area contributed by atoms with Crippen LogP contribution >= 0.6 is 0 Å². The summed E-state index contributed by atoms with van der Waals surface area (Å²) in [6, 6.07) is 12.7. The first-order valence-corrected chi connectivity index (χ1v) is 11.2. The van der Waals surface area contributed by atoms with E-state index < -0.39 is 8.32 Å². The summed E-state index contributed by atoms with van der Waals surface area (Å²) in [5, 5.41) is 2.37. The molecule has 0 saturated carbocycles. The molecule has 0 spiro atoms. The van der Waals surface area contributed by atoms with Gasteiger partial charge in [-0.1, -0.05) is 65.8 Å². The highest BCUT2D eigenvalue weighted by molar-refractivity contribution is 6.77. The molecule has 0 heterocycles. The van der Waals surface area contributed by atoms with Gasteiger partial charge in [0, 0.05) is 5.39 Å². The lowest BCUT2D eigenvalue weighted by Crippen LogP contribution is -2.47. The number of benzene rings is 2. The van der Waals surface area contributed by atoms with Gasteiger partial charge in [0.15, 0.2) is 0 Å². The van der Waals surface area contributed by atoms with Gasteiger partial charge >= 0.3 is 0 Å². The van der Waals surface area contributed by atoms with Crippen LogP contribution < -0.4 is 4.74 Å². The van der Waals surface area contributed by atoms with Crippen molar-refractivity contribution in [3.8, 4) is 5.75 Å². The number of fused-ring (bicyclic) bond motifs is 1. The molecule has 0 aliphatic carbocycles. The zero-order chi connectivity index (χ0) is 17.9. The Morgan fingerprint density at radius 3 is 2.00 bits per heavy atom. The van der Waals surface area contributed by atoms with Crippen LogP contribution in [0.1, 0.15) is 47.1 Å². The zero-order valence-corrected chi connectivity index (χ0v) is 17.2. The van der Waals surface area contributed by atoms with Crippen LogP contribution in [-0.4, -0.2) is 15.4 Å². The molecule has 24 heavy (non-hydrogen) atoms. The lowest BCUT2D eigenvalue weighted by atomic mass is 10.1. The van der Waals surface area contributed by atoms with Gasteiger partial charge in [0.1, 0.15) is 5.75 Å². The molecular formula is C21H32O2Si. The molecule has 132 valence electrons. The fourth-order valence-electron chi connectivity index (χ4n) is 4.30. The van der Waals surface area contributed by atoms with Crippen molar-refractivity contribution in [2.75, 3.05) is 7.11 Å². The SMILES string of the molecule is COc1cc(CO[Si](C(C)C)(C(C)C)C(C)C)cc2ccccc12. The van der Waals surface area contributed by atoms with Crippen LogP contribution in [0.25, 0.3) is 10.8 Å². The maximum absolute atomic E-state index is 6.73. The standard InChI is InChI=1S/C21H32O2Si/c1-15(2)24(16(3)4,17(5)6)23-14-18-12-19-10-8-9-11-20(19)21(13-18)22-7/h8-13,15-17H,14H2,1-7H3. The first kappa shape index (κ1) is 19.0. The van der Waals surface area contributed by atoms with Gasteiger partial charge in [-0.25, -0.2) is 0 Å². The molecule has 0 saturated heterocycles. The molecule has 0 N–H and O–H groups in total. The first-order valence-electron chi connectivity index (χ1n) is 9.02. The van der Waals surface area contributed by atoms with Crippen molar-refractivity contribution in [1.29, 1.82) is 0 Å². The van der Waals surface area contributed by atoms with E-state index in [2.05, 4.69) is 77.9 Å². The second kappa shape index (κ2) is 7.71. The van der Waals surface area contributed by atoms with Gasteiger partial charge in [-0.05, 0) is 39.7 Å². The van der Waals surface area contributed by atoms with Crippen LogP contribution in [0.15, 0.2) is 36.4 Å². The van der Waals surface area contributed by atoms with Crippen molar-refractivity contribution in [1.82, 2.24) is 0 Å². The van der Waals surface area contributed by atoms with Crippen molar-refractivity contribution in [3.63, 3.8) is 0 Å². The van der Waals surface area contributed by atoms with Gasteiger partial charge in [-0.3, -0.25) is 0 Å². The summed E-state index contributed by atoms with van der Waals surface area (Å²) < 4.78 is 12.3. The Morgan fingerprint density at radius 1 is 0.875 bits per heavy atom. The summed E-state index contributed by atoms with van der Waals surface area (Å²) in [5.74, 6) is 0.928. The van der Waals surface area contributed by atoms with Gasteiger partial charge in [-0.15, -0.1) is 0 Å². The molecule has 2 aromatic carbocycles. The molecule has 0 atom stereocenters. The normalized spacial score (nSPS) is 12.6. The molecule has 0 unspecified atom stereocenters. The summed E-state index contributed by atoms with van der Waals surface area (Å²) in [7, 11) is -0.108.